The Balaban J connectivity index is 1.22. The molecular formula is C25H22ClN3O4S. The third-order valence-electron chi connectivity index (χ3n) is 5.49. The Bertz CT molecular complexity index is 1350. The van der Waals surface area contributed by atoms with E-state index < -0.39 is 0 Å². The number of rotatable bonds is 7. The molecule has 7 nitrogen and oxygen atoms in total. The lowest BCUT2D eigenvalue weighted by Gasteiger charge is -2.07. The lowest BCUT2D eigenvalue weighted by atomic mass is 10.2. The zero-order valence-electron chi connectivity index (χ0n) is 18.6. The molecule has 0 saturated carbocycles. The Morgan fingerprint density at radius 3 is 2.74 bits per heavy atom. The number of benzene rings is 2. The van der Waals surface area contributed by atoms with Gasteiger partial charge in [0.15, 0.2) is 11.5 Å². The third-order valence-corrected chi connectivity index (χ3v) is 6.72. The first-order valence-corrected chi connectivity index (χ1v) is 11.9. The maximum atomic E-state index is 12.9. The molecule has 9 heteroatoms. The number of anilines is 1. The fourth-order valence-corrected chi connectivity index (χ4v) is 4.59. The van der Waals surface area contributed by atoms with Gasteiger partial charge in [-0.25, -0.2) is 0 Å². The maximum absolute atomic E-state index is 12.9. The Morgan fingerprint density at radius 2 is 1.91 bits per heavy atom. The number of carbonyl (C=O) groups is 1. The highest BCUT2D eigenvalue weighted by atomic mass is 35.5. The number of halogens is 1. The number of carbonyl (C=O) groups excluding carboxylic acids is 1. The molecule has 1 amide bonds. The molecule has 0 aliphatic carbocycles. The van der Waals surface area contributed by atoms with Crippen LogP contribution in [0.2, 0.25) is 5.02 Å². The Labute approximate surface area is 205 Å². The van der Waals surface area contributed by atoms with Gasteiger partial charge in [0.05, 0.1) is 28.5 Å². The number of aryl methyl sites for hydroxylation is 1. The molecule has 0 saturated heterocycles. The first-order chi connectivity index (χ1) is 16.5. The van der Waals surface area contributed by atoms with Crippen LogP contribution in [0, 0.1) is 13.8 Å². The molecule has 0 spiro atoms. The van der Waals surface area contributed by atoms with Crippen molar-refractivity contribution in [3.63, 3.8) is 0 Å². The van der Waals surface area contributed by atoms with Gasteiger partial charge in [-0.2, -0.15) is 5.10 Å². The molecule has 3 heterocycles. The second-order valence-electron chi connectivity index (χ2n) is 7.91. The van der Waals surface area contributed by atoms with Crippen molar-refractivity contribution in [2.45, 2.75) is 27.0 Å². The van der Waals surface area contributed by atoms with Crippen molar-refractivity contribution < 1.29 is 19.0 Å². The van der Waals surface area contributed by atoms with Crippen LogP contribution in [0.25, 0.3) is 0 Å². The van der Waals surface area contributed by atoms with E-state index in [0.29, 0.717) is 40.3 Å². The van der Waals surface area contributed by atoms with Crippen LogP contribution in [0.1, 0.15) is 32.2 Å². The van der Waals surface area contributed by atoms with E-state index in [2.05, 4.69) is 10.4 Å². The minimum Gasteiger partial charge on any atom is -0.489 e. The van der Waals surface area contributed by atoms with Crippen molar-refractivity contribution in [3.8, 4) is 17.2 Å². The number of nitrogens with zero attached hydrogens (tertiary/aromatic N) is 2. The number of hydrogen-bond acceptors (Lipinski definition) is 6. The topological polar surface area (TPSA) is 74.6 Å². The van der Waals surface area contributed by atoms with Crippen molar-refractivity contribution in [2.75, 3.05) is 12.1 Å². The Hall–Kier alpha value is -3.49. The van der Waals surface area contributed by atoms with Crippen LogP contribution in [0.3, 0.4) is 0 Å². The highest BCUT2D eigenvalue weighted by Crippen LogP contribution is 2.35. The van der Waals surface area contributed by atoms with Gasteiger partial charge < -0.3 is 19.5 Å². The van der Waals surface area contributed by atoms with Gasteiger partial charge in [-0.05, 0) is 55.1 Å². The summed E-state index contributed by atoms with van der Waals surface area (Å²) in [5.74, 6) is 1.89. The first kappa shape index (κ1) is 22.3. The molecule has 2 aromatic heterocycles. The third kappa shape index (κ3) is 4.73. The van der Waals surface area contributed by atoms with Gasteiger partial charge in [0, 0.05) is 16.7 Å². The zero-order chi connectivity index (χ0) is 23.7. The normalized spacial score (nSPS) is 12.1. The fraction of sp³-hybridized carbons (Fsp3) is 0.200. The number of amides is 1. The SMILES string of the molecule is Cc1nn(Cc2ccc(Cl)cc2)c(C)c1NC(=O)c1cc(COc2ccc3c(c2)OCO3)cs1. The molecule has 4 aromatic rings. The molecule has 1 aliphatic heterocycles. The Morgan fingerprint density at radius 1 is 1.12 bits per heavy atom. The van der Waals surface area contributed by atoms with Crippen LogP contribution in [-0.2, 0) is 13.2 Å². The summed E-state index contributed by atoms with van der Waals surface area (Å²) in [4.78, 5) is 13.5. The molecule has 174 valence electrons. The molecular weight excluding hydrogens is 474 g/mol. The van der Waals surface area contributed by atoms with Crippen LogP contribution in [-0.4, -0.2) is 22.5 Å². The van der Waals surface area contributed by atoms with Crippen molar-refractivity contribution in [1.82, 2.24) is 9.78 Å². The summed E-state index contributed by atoms with van der Waals surface area (Å²) in [7, 11) is 0. The number of ether oxygens (including phenoxy) is 3. The molecule has 34 heavy (non-hydrogen) atoms. The van der Waals surface area contributed by atoms with E-state index in [1.54, 1.807) is 6.07 Å². The summed E-state index contributed by atoms with van der Waals surface area (Å²) in [6, 6.07) is 14.9. The fourth-order valence-electron chi connectivity index (χ4n) is 3.67. The van der Waals surface area contributed by atoms with E-state index in [9.17, 15) is 4.79 Å². The minimum absolute atomic E-state index is 0.170. The molecule has 1 N–H and O–H groups in total. The summed E-state index contributed by atoms with van der Waals surface area (Å²) in [6.07, 6.45) is 0. The predicted molar refractivity (Wildman–Crippen MR) is 131 cm³/mol. The van der Waals surface area contributed by atoms with E-state index in [0.717, 1.165) is 28.2 Å². The average molecular weight is 496 g/mol. The minimum atomic E-state index is -0.170. The van der Waals surface area contributed by atoms with E-state index in [1.807, 2.05) is 66.4 Å². The van der Waals surface area contributed by atoms with E-state index >= 15 is 0 Å². The van der Waals surface area contributed by atoms with Gasteiger partial charge in [0.25, 0.3) is 5.91 Å². The lowest BCUT2D eigenvalue weighted by Crippen LogP contribution is -2.12. The van der Waals surface area contributed by atoms with Crippen molar-refractivity contribution in [3.05, 3.63) is 86.3 Å². The number of thiophene rings is 1. The largest absolute Gasteiger partial charge is 0.489 e. The molecule has 0 unspecified atom stereocenters. The van der Waals surface area contributed by atoms with E-state index in [1.165, 1.54) is 11.3 Å². The zero-order valence-corrected chi connectivity index (χ0v) is 20.2. The van der Waals surface area contributed by atoms with Crippen LogP contribution in [0.15, 0.2) is 53.9 Å². The standard InChI is InChI=1S/C25H22ClN3O4S/c1-15-24(16(2)29(28-15)11-17-3-5-19(26)6-4-17)27-25(30)23-9-18(13-34-23)12-31-20-7-8-21-22(10-20)33-14-32-21/h3-10,13H,11-12,14H2,1-2H3,(H,27,30). The first-order valence-electron chi connectivity index (χ1n) is 10.7. The van der Waals surface area contributed by atoms with Gasteiger partial charge in [-0.1, -0.05) is 23.7 Å². The second-order valence-corrected chi connectivity index (χ2v) is 9.25. The molecule has 2 aromatic carbocycles. The molecule has 0 atom stereocenters. The molecule has 0 fully saturated rings. The highest BCUT2D eigenvalue weighted by molar-refractivity contribution is 7.12. The molecule has 1 aliphatic rings. The van der Waals surface area contributed by atoms with Crippen LogP contribution in [0.5, 0.6) is 17.2 Å². The molecule has 5 rings (SSSR count). The summed E-state index contributed by atoms with van der Waals surface area (Å²) in [5, 5.41) is 10.2. The lowest BCUT2D eigenvalue weighted by molar-refractivity contribution is 0.103. The quantitative estimate of drug-likeness (QED) is 0.349. The average Bonchev–Trinajstić information content (AvgIpc) is 3.55. The van der Waals surface area contributed by atoms with E-state index in [4.69, 9.17) is 25.8 Å². The second kappa shape index (κ2) is 9.40. The number of fused-ring (bicyclic) bond motifs is 1. The summed E-state index contributed by atoms with van der Waals surface area (Å²) < 4.78 is 18.4. The van der Waals surface area contributed by atoms with Crippen molar-refractivity contribution in [2.24, 2.45) is 0 Å². The summed E-state index contributed by atoms with van der Waals surface area (Å²) in [5.41, 5.74) is 4.38. The van der Waals surface area contributed by atoms with Crippen LogP contribution in [0.4, 0.5) is 5.69 Å². The van der Waals surface area contributed by atoms with Gasteiger partial charge in [0.2, 0.25) is 6.79 Å². The van der Waals surface area contributed by atoms with E-state index in [-0.39, 0.29) is 12.7 Å². The summed E-state index contributed by atoms with van der Waals surface area (Å²) >= 11 is 7.36. The highest BCUT2D eigenvalue weighted by Gasteiger charge is 2.18. The van der Waals surface area contributed by atoms with Crippen LogP contribution >= 0.6 is 22.9 Å². The number of nitrogens with one attached hydrogen (secondary N) is 1. The van der Waals surface area contributed by atoms with Gasteiger partial charge in [-0.3, -0.25) is 9.48 Å². The van der Waals surface area contributed by atoms with Gasteiger partial charge in [0.1, 0.15) is 12.4 Å². The summed E-state index contributed by atoms with van der Waals surface area (Å²) in [6.45, 7) is 5.01. The maximum Gasteiger partial charge on any atom is 0.265 e. The van der Waals surface area contributed by atoms with Crippen molar-refractivity contribution >= 4 is 34.5 Å². The smallest absolute Gasteiger partial charge is 0.265 e. The number of hydrogen-bond donors (Lipinski definition) is 1. The monoisotopic (exact) mass is 495 g/mol. The Kier molecular flexibility index (Phi) is 6.17. The predicted octanol–water partition coefficient (Wildman–Crippen LogP) is 5.82. The van der Waals surface area contributed by atoms with Crippen molar-refractivity contribution in [1.29, 1.82) is 0 Å². The van der Waals surface area contributed by atoms with Crippen LogP contribution < -0.4 is 19.5 Å². The van der Waals surface area contributed by atoms with Gasteiger partial charge in [-0.15, -0.1) is 11.3 Å². The molecule has 0 radical (unpaired) electrons. The van der Waals surface area contributed by atoms with Gasteiger partial charge >= 0.3 is 0 Å². The number of aromatic nitrogens is 2. The molecule has 0 bridgehead atoms.